The highest BCUT2D eigenvalue weighted by atomic mass is 35.5. The second-order valence-corrected chi connectivity index (χ2v) is 4.02. The molecule has 1 aromatic carbocycles. The van der Waals surface area contributed by atoms with E-state index in [0.29, 0.717) is 27.1 Å². The Labute approximate surface area is 109 Å². The molecule has 1 heterocycles. The highest BCUT2D eigenvalue weighted by Gasteiger charge is 2.07. The third-order valence-corrected chi connectivity index (χ3v) is 2.95. The predicted molar refractivity (Wildman–Crippen MR) is 68.7 cm³/mol. The molecule has 5 heteroatoms. The van der Waals surface area contributed by atoms with Gasteiger partial charge in [-0.2, -0.15) is 5.26 Å². The van der Waals surface area contributed by atoms with Crippen LogP contribution in [0.1, 0.15) is 5.56 Å². The minimum absolute atomic E-state index is 0.406. The molecule has 0 bridgehead atoms. The fourth-order valence-corrected chi connectivity index (χ4v) is 1.67. The number of nitrogens with one attached hydrogen (secondary N) is 1. The molecule has 0 amide bonds. The van der Waals surface area contributed by atoms with Crippen molar-refractivity contribution in [3.63, 3.8) is 0 Å². The molecule has 2 rings (SSSR count). The van der Waals surface area contributed by atoms with Crippen molar-refractivity contribution in [3.05, 3.63) is 52.1 Å². The summed E-state index contributed by atoms with van der Waals surface area (Å²) in [4.78, 5) is 4.08. The van der Waals surface area contributed by atoms with Crippen molar-refractivity contribution in [1.82, 2.24) is 4.98 Å². The number of hydrogen-bond donors (Lipinski definition) is 1. The van der Waals surface area contributed by atoms with E-state index in [0.717, 1.165) is 0 Å². The molecule has 17 heavy (non-hydrogen) atoms. The maximum absolute atomic E-state index is 8.93. The molecule has 0 spiro atoms. The van der Waals surface area contributed by atoms with E-state index in [2.05, 4.69) is 10.3 Å². The Morgan fingerprint density at radius 3 is 2.76 bits per heavy atom. The lowest BCUT2D eigenvalue weighted by atomic mass is 10.2. The normalized spacial score (nSPS) is 9.71. The second kappa shape index (κ2) is 5.05. The molecule has 0 fully saturated rings. The molecule has 84 valence electrons. The molecule has 0 saturated heterocycles. The number of nitrogens with zero attached hydrogens (tertiary/aromatic N) is 2. The van der Waals surface area contributed by atoms with Gasteiger partial charge in [-0.15, -0.1) is 0 Å². The van der Waals surface area contributed by atoms with Crippen LogP contribution in [0.3, 0.4) is 0 Å². The van der Waals surface area contributed by atoms with Gasteiger partial charge in [0.1, 0.15) is 11.9 Å². The largest absolute Gasteiger partial charge is 0.338 e. The Bertz CT molecular complexity index is 591. The smallest absolute Gasteiger partial charge is 0.148 e. The number of rotatable bonds is 2. The molecule has 1 aromatic heterocycles. The maximum atomic E-state index is 8.93. The molecule has 0 saturated carbocycles. The van der Waals surface area contributed by atoms with Crippen LogP contribution in [-0.2, 0) is 0 Å². The third-order valence-electron chi connectivity index (χ3n) is 2.13. The van der Waals surface area contributed by atoms with E-state index in [-0.39, 0.29) is 0 Å². The first kappa shape index (κ1) is 11.7. The van der Waals surface area contributed by atoms with Crippen molar-refractivity contribution in [2.45, 2.75) is 0 Å². The monoisotopic (exact) mass is 263 g/mol. The molecule has 2 aromatic rings. The van der Waals surface area contributed by atoms with Crippen molar-refractivity contribution in [2.75, 3.05) is 5.32 Å². The molecule has 1 N–H and O–H groups in total. The van der Waals surface area contributed by atoms with E-state index in [1.54, 1.807) is 36.5 Å². The molecule has 0 aliphatic heterocycles. The molecular weight excluding hydrogens is 257 g/mol. The zero-order chi connectivity index (χ0) is 12.3. The van der Waals surface area contributed by atoms with Gasteiger partial charge in [0.15, 0.2) is 0 Å². The van der Waals surface area contributed by atoms with E-state index >= 15 is 0 Å². The fraction of sp³-hybridized carbons (Fsp3) is 0. The number of halogens is 2. The average molecular weight is 264 g/mol. The summed E-state index contributed by atoms with van der Waals surface area (Å²) in [5, 5.41) is 12.8. The molecule has 0 radical (unpaired) electrons. The quantitative estimate of drug-likeness (QED) is 0.891. The van der Waals surface area contributed by atoms with Gasteiger partial charge in [-0.05, 0) is 24.3 Å². The van der Waals surface area contributed by atoms with Crippen LogP contribution in [0.5, 0.6) is 0 Å². The van der Waals surface area contributed by atoms with E-state index < -0.39 is 0 Å². The number of hydrogen-bond acceptors (Lipinski definition) is 3. The summed E-state index contributed by atoms with van der Waals surface area (Å²) in [5.74, 6) is 0.458. The molecule has 0 aliphatic rings. The molecule has 0 atom stereocenters. The lowest BCUT2D eigenvalue weighted by molar-refractivity contribution is 1.28. The summed E-state index contributed by atoms with van der Waals surface area (Å²) >= 11 is 11.9. The zero-order valence-electron chi connectivity index (χ0n) is 8.61. The Kier molecular flexibility index (Phi) is 3.48. The van der Waals surface area contributed by atoms with E-state index in [1.807, 2.05) is 6.07 Å². The summed E-state index contributed by atoms with van der Waals surface area (Å²) in [6.07, 6.45) is 1.60. The van der Waals surface area contributed by atoms with Crippen LogP contribution in [0.25, 0.3) is 0 Å². The summed E-state index contributed by atoms with van der Waals surface area (Å²) in [7, 11) is 0. The lowest BCUT2D eigenvalue weighted by Gasteiger charge is -2.09. The Morgan fingerprint density at radius 2 is 2.00 bits per heavy atom. The zero-order valence-corrected chi connectivity index (χ0v) is 10.1. The van der Waals surface area contributed by atoms with Gasteiger partial charge < -0.3 is 5.32 Å². The van der Waals surface area contributed by atoms with Gasteiger partial charge >= 0.3 is 0 Å². The average Bonchev–Trinajstić information content (AvgIpc) is 2.35. The highest BCUT2D eigenvalue weighted by Crippen LogP contribution is 2.31. The van der Waals surface area contributed by atoms with Crippen molar-refractivity contribution < 1.29 is 0 Å². The third kappa shape index (κ3) is 2.50. The number of aromatic nitrogens is 1. The van der Waals surface area contributed by atoms with Crippen LogP contribution in [0.4, 0.5) is 11.5 Å². The predicted octanol–water partition coefficient (Wildman–Crippen LogP) is 4.00. The van der Waals surface area contributed by atoms with Crippen LogP contribution in [0.15, 0.2) is 36.5 Å². The summed E-state index contributed by atoms with van der Waals surface area (Å²) in [6.45, 7) is 0. The number of anilines is 2. The topological polar surface area (TPSA) is 48.7 Å². The summed E-state index contributed by atoms with van der Waals surface area (Å²) in [5.41, 5.74) is 1.07. The summed E-state index contributed by atoms with van der Waals surface area (Å²) < 4.78 is 0. The van der Waals surface area contributed by atoms with Crippen molar-refractivity contribution in [1.29, 1.82) is 5.26 Å². The van der Waals surface area contributed by atoms with Crippen molar-refractivity contribution in [2.24, 2.45) is 0 Å². The second-order valence-electron chi connectivity index (χ2n) is 3.24. The van der Waals surface area contributed by atoms with Crippen molar-refractivity contribution >= 4 is 34.7 Å². The van der Waals surface area contributed by atoms with E-state index in [1.165, 1.54) is 0 Å². The molecule has 0 unspecified atom stereocenters. The van der Waals surface area contributed by atoms with E-state index in [9.17, 15) is 0 Å². The number of nitriles is 1. The first-order valence-corrected chi connectivity index (χ1v) is 5.54. The standard InChI is InChI=1S/C12H7Cl2N3/c13-9-4-1-5-10(11(9)14)17-12-8(7-15)3-2-6-16-12/h1-6H,(H,16,17). The summed E-state index contributed by atoms with van der Waals surface area (Å²) in [6, 6.07) is 10.7. The number of pyridine rings is 1. The lowest BCUT2D eigenvalue weighted by Crippen LogP contribution is -1.97. The first-order chi connectivity index (χ1) is 8.22. The van der Waals surface area contributed by atoms with Crippen molar-refractivity contribution in [3.8, 4) is 6.07 Å². The fourth-order valence-electron chi connectivity index (χ4n) is 1.32. The van der Waals surface area contributed by atoms with Crippen LogP contribution in [0, 0.1) is 11.3 Å². The van der Waals surface area contributed by atoms with Crippen LogP contribution < -0.4 is 5.32 Å². The highest BCUT2D eigenvalue weighted by molar-refractivity contribution is 6.43. The SMILES string of the molecule is N#Cc1cccnc1Nc1cccc(Cl)c1Cl. The Balaban J connectivity index is 2.39. The maximum Gasteiger partial charge on any atom is 0.148 e. The Morgan fingerprint density at radius 1 is 1.18 bits per heavy atom. The van der Waals surface area contributed by atoms with Crippen LogP contribution in [0.2, 0.25) is 10.0 Å². The minimum Gasteiger partial charge on any atom is -0.338 e. The van der Waals surface area contributed by atoms with Gasteiger partial charge in [-0.25, -0.2) is 4.98 Å². The van der Waals surface area contributed by atoms with Gasteiger partial charge in [0, 0.05) is 6.20 Å². The van der Waals surface area contributed by atoms with E-state index in [4.69, 9.17) is 28.5 Å². The van der Waals surface area contributed by atoms with Crippen LogP contribution >= 0.6 is 23.2 Å². The first-order valence-electron chi connectivity index (χ1n) is 4.78. The minimum atomic E-state index is 0.406. The molecule has 3 nitrogen and oxygen atoms in total. The molecular formula is C12H7Cl2N3. The molecule has 0 aliphatic carbocycles. The van der Waals surface area contributed by atoms with Gasteiger partial charge in [0.05, 0.1) is 21.3 Å². The van der Waals surface area contributed by atoms with Gasteiger partial charge in [0.25, 0.3) is 0 Å². The van der Waals surface area contributed by atoms with Crippen LogP contribution in [-0.4, -0.2) is 4.98 Å². The van der Waals surface area contributed by atoms with Gasteiger partial charge in [0.2, 0.25) is 0 Å². The Hall–Kier alpha value is -1.76. The van der Waals surface area contributed by atoms with Gasteiger partial charge in [-0.3, -0.25) is 0 Å². The van der Waals surface area contributed by atoms with Gasteiger partial charge in [-0.1, -0.05) is 29.3 Å². The number of benzene rings is 1.